The number of carbonyl (C=O) groups is 3. The quantitative estimate of drug-likeness (QED) is 0.378. The molecule has 3 heterocycles. The van der Waals surface area contributed by atoms with E-state index in [9.17, 15) is 14.4 Å². The van der Waals surface area contributed by atoms with Gasteiger partial charge in [-0.05, 0) is 31.1 Å². The summed E-state index contributed by atoms with van der Waals surface area (Å²) in [5, 5.41) is 6.32. The number of fused-ring (bicyclic) bond motifs is 4. The van der Waals surface area contributed by atoms with Crippen LogP contribution >= 0.6 is 35.7 Å². The van der Waals surface area contributed by atoms with Gasteiger partial charge in [-0.25, -0.2) is 9.78 Å². The number of thiazole rings is 1. The Hall–Kier alpha value is -1.65. The Morgan fingerprint density at radius 1 is 1.34 bits per heavy atom. The predicted octanol–water partition coefficient (Wildman–Crippen LogP) is 3.23. The Morgan fingerprint density at radius 3 is 2.84 bits per heavy atom. The van der Waals surface area contributed by atoms with Crippen LogP contribution in [0.3, 0.4) is 0 Å². The molecule has 0 aliphatic carbocycles. The minimum Gasteiger partial charge on any atom is -0.456 e. The summed E-state index contributed by atoms with van der Waals surface area (Å²) < 4.78 is 5.69. The molecule has 1 aromatic rings. The fourth-order valence-corrected chi connectivity index (χ4v) is 5.47. The van der Waals surface area contributed by atoms with Crippen LogP contribution in [-0.2, 0) is 25.5 Å². The smallest absolute Gasteiger partial charge is 0.329 e. The summed E-state index contributed by atoms with van der Waals surface area (Å²) in [5.41, 5.74) is -0.255. The number of nitrogens with zero attached hydrogens (tertiary/aromatic N) is 2. The fourth-order valence-electron chi connectivity index (χ4n) is 3.33. The molecule has 32 heavy (non-hydrogen) atoms. The van der Waals surface area contributed by atoms with Gasteiger partial charge in [-0.2, -0.15) is 12.6 Å². The second kappa shape index (κ2) is 11.0. The van der Waals surface area contributed by atoms with Gasteiger partial charge in [-0.15, -0.1) is 23.1 Å². The van der Waals surface area contributed by atoms with E-state index in [0.717, 1.165) is 10.7 Å². The van der Waals surface area contributed by atoms with Gasteiger partial charge in [0, 0.05) is 30.4 Å². The van der Waals surface area contributed by atoms with Crippen molar-refractivity contribution in [2.24, 2.45) is 10.9 Å². The number of Topliss-reactive ketones (excluding diaryl/α,β-unsaturated/α-hetero) is 1. The van der Waals surface area contributed by atoms with Crippen LogP contribution in [0.1, 0.15) is 50.7 Å². The van der Waals surface area contributed by atoms with E-state index < -0.39 is 23.7 Å². The monoisotopic (exact) mass is 495 g/mol. The number of aromatic nitrogens is 1. The molecule has 3 rings (SSSR count). The summed E-state index contributed by atoms with van der Waals surface area (Å²) in [5.74, 6) is 0.0552. The van der Waals surface area contributed by atoms with Crippen LogP contribution in [0.2, 0.25) is 0 Å². The lowest BCUT2D eigenvalue weighted by Crippen LogP contribution is -2.53. The minimum atomic E-state index is -0.990. The Morgan fingerprint density at radius 2 is 2.12 bits per heavy atom. The zero-order valence-corrected chi connectivity index (χ0v) is 21.0. The van der Waals surface area contributed by atoms with E-state index in [-0.39, 0.29) is 24.0 Å². The molecule has 3 atom stereocenters. The molecule has 7 nitrogen and oxygen atoms in total. The van der Waals surface area contributed by atoms with E-state index in [0.29, 0.717) is 35.8 Å². The zero-order valence-electron chi connectivity index (χ0n) is 18.5. The van der Waals surface area contributed by atoms with Gasteiger partial charge in [0.1, 0.15) is 34.2 Å². The van der Waals surface area contributed by atoms with E-state index in [4.69, 9.17) is 4.74 Å². The summed E-state index contributed by atoms with van der Waals surface area (Å²) in [6.45, 7) is 5.46. The second-order valence-electron chi connectivity index (χ2n) is 8.46. The van der Waals surface area contributed by atoms with Crippen LogP contribution in [0.25, 0.3) is 0 Å². The molecule has 1 aromatic heterocycles. The van der Waals surface area contributed by atoms with Gasteiger partial charge in [0.15, 0.2) is 0 Å². The average Bonchev–Trinajstić information content (AvgIpc) is 3.37. The number of hydrogen-bond acceptors (Lipinski definition) is 9. The molecule has 2 aliphatic rings. The topological polar surface area (TPSA) is 97.7 Å². The maximum absolute atomic E-state index is 13.1. The number of carbonyl (C=O) groups excluding carboxylic acids is 3. The van der Waals surface area contributed by atoms with Crippen molar-refractivity contribution in [2.45, 2.75) is 64.1 Å². The Bertz CT molecular complexity index is 927. The van der Waals surface area contributed by atoms with Crippen molar-refractivity contribution in [3.05, 3.63) is 28.2 Å². The lowest BCUT2D eigenvalue weighted by atomic mass is 10.00. The van der Waals surface area contributed by atoms with Crippen LogP contribution < -0.4 is 5.32 Å². The number of thiol groups is 1. The Balaban J connectivity index is 1.92. The molecule has 0 saturated heterocycles. The molecule has 1 N–H and O–H groups in total. The highest BCUT2D eigenvalue weighted by atomic mass is 32.2. The summed E-state index contributed by atoms with van der Waals surface area (Å²) in [4.78, 5) is 48.0. The van der Waals surface area contributed by atoms with Crippen molar-refractivity contribution in [3.8, 4) is 0 Å². The number of aliphatic imine (C=N–C) groups is 1. The largest absolute Gasteiger partial charge is 0.456 e. The third kappa shape index (κ3) is 6.23. The highest BCUT2D eigenvalue weighted by Gasteiger charge is 2.41. The van der Waals surface area contributed by atoms with Crippen molar-refractivity contribution in [1.29, 1.82) is 0 Å². The molecule has 2 aliphatic heterocycles. The number of ether oxygens (including phenoxy) is 1. The molecule has 0 aromatic carbocycles. The van der Waals surface area contributed by atoms with Crippen molar-refractivity contribution in [2.75, 3.05) is 11.5 Å². The lowest BCUT2D eigenvalue weighted by molar-refractivity contribution is -0.153. The molecule has 0 radical (unpaired) electrons. The number of allylic oxidation sites excluding steroid dienone is 1. The first-order valence-electron chi connectivity index (χ1n) is 10.7. The number of nitrogens with one attached hydrogen (secondary N) is 1. The van der Waals surface area contributed by atoms with Crippen molar-refractivity contribution >= 4 is 58.4 Å². The maximum atomic E-state index is 13.1. The summed E-state index contributed by atoms with van der Waals surface area (Å²) >= 11 is 7.15. The summed E-state index contributed by atoms with van der Waals surface area (Å²) in [6.07, 6.45) is 4.55. The molecular formula is C22H29N3O4S3. The molecule has 0 fully saturated rings. The Kier molecular flexibility index (Phi) is 8.57. The van der Waals surface area contributed by atoms with Crippen molar-refractivity contribution in [3.63, 3.8) is 0 Å². The molecule has 1 unspecified atom stereocenters. The van der Waals surface area contributed by atoms with Gasteiger partial charge in [-0.1, -0.05) is 19.9 Å². The SMILES string of the molecule is CC(C)[C@@H]1NC(=O)[C@]2(C)CSC(=N2)c2csc(n2)CCC(=O)CC(/C=C/CCS)OC1=O. The van der Waals surface area contributed by atoms with Gasteiger partial charge in [0.25, 0.3) is 0 Å². The number of cyclic esters (lactones) is 1. The minimum absolute atomic E-state index is 0.00698. The number of thioether (sulfide) groups is 1. The van der Waals surface area contributed by atoms with Gasteiger partial charge >= 0.3 is 5.97 Å². The average molecular weight is 496 g/mol. The predicted molar refractivity (Wildman–Crippen MR) is 132 cm³/mol. The van der Waals surface area contributed by atoms with Crippen molar-refractivity contribution in [1.82, 2.24) is 10.3 Å². The van der Waals surface area contributed by atoms with Gasteiger partial charge in [-0.3, -0.25) is 14.6 Å². The molecule has 1 amide bonds. The first-order chi connectivity index (χ1) is 15.2. The number of esters is 1. The van der Waals surface area contributed by atoms with E-state index in [1.807, 2.05) is 25.3 Å². The van der Waals surface area contributed by atoms with Crippen molar-refractivity contribution < 1.29 is 19.1 Å². The molecule has 4 bridgehead atoms. The standard InChI is InChI=1S/C22H29N3O4S3/c1-13(2)18-20(27)29-15(6-4-5-9-30)10-14(26)7-8-17-23-16(11-31-17)19-25-22(3,12-32-19)21(28)24-18/h4,6,11,13,15,18,30H,5,7-10,12H2,1-3H3,(H,24,28)/b6-4+/t15?,18-,22-/m0/s1. The van der Waals surface area contributed by atoms with Crippen LogP contribution in [-0.4, -0.2) is 56.9 Å². The van der Waals surface area contributed by atoms with Crippen LogP contribution in [0, 0.1) is 5.92 Å². The van der Waals surface area contributed by atoms with Gasteiger partial charge in [0.05, 0.1) is 5.01 Å². The Labute approximate surface area is 202 Å². The van der Waals surface area contributed by atoms with E-state index in [1.54, 1.807) is 13.0 Å². The second-order valence-corrected chi connectivity index (χ2v) is 10.8. The van der Waals surface area contributed by atoms with E-state index in [2.05, 4.69) is 27.9 Å². The molecular weight excluding hydrogens is 466 g/mol. The first-order valence-corrected chi connectivity index (χ1v) is 13.2. The summed E-state index contributed by atoms with van der Waals surface area (Å²) in [6, 6.07) is -0.835. The molecule has 174 valence electrons. The summed E-state index contributed by atoms with van der Waals surface area (Å²) in [7, 11) is 0. The highest BCUT2D eigenvalue weighted by Crippen LogP contribution is 2.32. The number of hydrogen-bond donors (Lipinski definition) is 2. The zero-order chi connectivity index (χ0) is 23.3. The van der Waals surface area contributed by atoms with Gasteiger partial charge in [0.2, 0.25) is 5.91 Å². The molecule has 0 saturated carbocycles. The van der Waals surface area contributed by atoms with Crippen LogP contribution in [0.5, 0.6) is 0 Å². The number of ketones is 1. The van der Waals surface area contributed by atoms with Gasteiger partial charge < -0.3 is 10.1 Å². The molecule has 10 heteroatoms. The molecule has 0 spiro atoms. The third-order valence-electron chi connectivity index (χ3n) is 5.27. The normalized spacial score (nSPS) is 27.5. The number of aryl methyl sites for hydroxylation is 1. The first kappa shape index (κ1) is 25.0. The maximum Gasteiger partial charge on any atom is 0.329 e. The lowest BCUT2D eigenvalue weighted by Gasteiger charge is -2.27. The number of rotatable bonds is 4. The highest BCUT2D eigenvalue weighted by molar-refractivity contribution is 8.14. The van der Waals surface area contributed by atoms with Crippen LogP contribution in [0.15, 0.2) is 22.5 Å². The van der Waals surface area contributed by atoms with Crippen LogP contribution in [0.4, 0.5) is 0 Å². The third-order valence-corrected chi connectivity index (χ3v) is 7.71. The van der Waals surface area contributed by atoms with E-state index >= 15 is 0 Å². The number of amides is 1. The fraction of sp³-hybridized carbons (Fsp3) is 0.591. The van der Waals surface area contributed by atoms with E-state index in [1.165, 1.54) is 23.1 Å².